The van der Waals surface area contributed by atoms with E-state index in [2.05, 4.69) is 0 Å². The highest BCUT2D eigenvalue weighted by atomic mass is 16.5. The van der Waals surface area contributed by atoms with Crippen LogP contribution >= 0.6 is 0 Å². The highest BCUT2D eigenvalue weighted by Gasteiger charge is 2.13. The minimum atomic E-state index is -0.378. The largest absolute Gasteiger partial charge is 0.497 e. The Kier molecular flexibility index (Phi) is 3.71. The summed E-state index contributed by atoms with van der Waals surface area (Å²) in [7, 11) is 2.93. The first-order valence-corrected chi connectivity index (χ1v) is 5.78. The van der Waals surface area contributed by atoms with E-state index >= 15 is 0 Å². The van der Waals surface area contributed by atoms with E-state index in [9.17, 15) is 4.79 Å². The first-order valence-electron chi connectivity index (χ1n) is 5.78. The molecule has 4 nitrogen and oxygen atoms in total. The van der Waals surface area contributed by atoms with Gasteiger partial charge in [0.25, 0.3) is 0 Å². The van der Waals surface area contributed by atoms with Gasteiger partial charge >= 0.3 is 5.97 Å². The standard InChI is InChI=1S/C15H15NO3/c1-18-12-8-10(7-11(16)9-12)13-5-3-4-6-14(13)15(17)19-2/h3-9H,16H2,1-2H3. The number of carbonyl (C=O) groups is 1. The number of anilines is 1. The molecule has 0 radical (unpaired) electrons. The van der Waals surface area contributed by atoms with E-state index in [0.29, 0.717) is 17.0 Å². The maximum absolute atomic E-state index is 11.8. The van der Waals surface area contributed by atoms with Crippen LogP contribution in [-0.2, 0) is 4.74 Å². The summed E-state index contributed by atoms with van der Waals surface area (Å²) in [6.45, 7) is 0. The summed E-state index contributed by atoms with van der Waals surface area (Å²) in [5.74, 6) is 0.270. The number of ether oxygens (including phenoxy) is 2. The number of nitrogen functional groups attached to an aromatic ring is 1. The summed E-state index contributed by atoms with van der Waals surface area (Å²) in [5, 5.41) is 0. The monoisotopic (exact) mass is 257 g/mol. The number of esters is 1. The van der Waals surface area contributed by atoms with Crippen molar-refractivity contribution >= 4 is 11.7 Å². The second-order valence-corrected chi connectivity index (χ2v) is 4.03. The number of hydrogen-bond donors (Lipinski definition) is 1. The minimum absolute atomic E-state index is 0.378. The first-order chi connectivity index (χ1) is 9.15. The highest BCUT2D eigenvalue weighted by Crippen LogP contribution is 2.29. The van der Waals surface area contributed by atoms with Crippen molar-refractivity contribution in [2.24, 2.45) is 0 Å². The Balaban J connectivity index is 2.58. The second-order valence-electron chi connectivity index (χ2n) is 4.03. The van der Waals surface area contributed by atoms with Gasteiger partial charge in [-0.3, -0.25) is 0 Å². The lowest BCUT2D eigenvalue weighted by Gasteiger charge is -2.10. The van der Waals surface area contributed by atoms with E-state index in [1.807, 2.05) is 18.2 Å². The van der Waals surface area contributed by atoms with Crippen LogP contribution in [0.15, 0.2) is 42.5 Å². The van der Waals surface area contributed by atoms with Crippen LogP contribution < -0.4 is 10.5 Å². The molecule has 2 rings (SSSR count). The van der Waals surface area contributed by atoms with E-state index in [1.165, 1.54) is 7.11 Å². The quantitative estimate of drug-likeness (QED) is 0.678. The topological polar surface area (TPSA) is 61.5 Å². The van der Waals surface area contributed by atoms with Gasteiger partial charge in [0.15, 0.2) is 0 Å². The van der Waals surface area contributed by atoms with Crippen molar-refractivity contribution in [3.63, 3.8) is 0 Å². The molecule has 0 amide bonds. The van der Waals surface area contributed by atoms with E-state index in [-0.39, 0.29) is 5.97 Å². The maximum atomic E-state index is 11.8. The average molecular weight is 257 g/mol. The number of carbonyl (C=O) groups excluding carboxylic acids is 1. The molecule has 98 valence electrons. The molecule has 19 heavy (non-hydrogen) atoms. The lowest BCUT2D eigenvalue weighted by Crippen LogP contribution is -2.03. The van der Waals surface area contributed by atoms with Gasteiger partial charge in [0.05, 0.1) is 19.8 Å². The molecule has 0 fully saturated rings. The van der Waals surface area contributed by atoms with Crippen molar-refractivity contribution in [3.05, 3.63) is 48.0 Å². The first kappa shape index (κ1) is 13.0. The molecule has 4 heteroatoms. The number of nitrogens with two attached hydrogens (primary N) is 1. The predicted octanol–water partition coefficient (Wildman–Crippen LogP) is 2.73. The minimum Gasteiger partial charge on any atom is -0.497 e. The summed E-state index contributed by atoms with van der Waals surface area (Å²) in [4.78, 5) is 11.8. The Morgan fingerprint density at radius 2 is 1.84 bits per heavy atom. The lowest BCUT2D eigenvalue weighted by atomic mass is 9.99. The fourth-order valence-electron chi connectivity index (χ4n) is 1.92. The molecule has 0 saturated heterocycles. The zero-order valence-corrected chi connectivity index (χ0v) is 10.8. The maximum Gasteiger partial charge on any atom is 0.338 e. The van der Waals surface area contributed by atoms with Crippen LogP contribution in [0.4, 0.5) is 5.69 Å². The molecule has 0 aromatic heterocycles. The molecular weight excluding hydrogens is 242 g/mol. The molecule has 0 bridgehead atoms. The van der Waals surface area contributed by atoms with E-state index in [0.717, 1.165) is 11.1 Å². The van der Waals surface area contributed by atoms with Crippen molar-refractivity contribution < 1.29 is 14.3 Å². The van der Waals surface area contributed by atoms with Crippen LogP contribution in [0.25, 0.3) is 11.1 Å². The van der Waals surface area contributed by atoms with Gasteiger partial charge in [0, 0.05) is 11.8 Å². The van der Waals surface area contributed by atoms with Gasteiger partial charge in [-0.25, -0.2) is 4.79 Å². The van der Waals surface area contributed by atoms with Crippen molar-refractivity contribution in [1.82, 2.24) is 0 Å². The number of rotatable bonds is 3. The van der Waals surface area contributed by atoms with Crippen molar-refractivity contribution in [1.29, 1.82) is 0 Å². The van der Waals surface area contributed by atoms with Crippen LogP contribution in [-0.4, -0.2) is 20.2 Å². The van der Waals surface area contributed by atoms with Crippen LogP contribution in [0, 0.1) is 0 Å². The van der Waals surface area contributed by atoms with Gasteiger partial charge in [0.1, 0.15) is 5.75 Å². The smallest absolute Gasteiger partial charge is 0.338 e. The number of hydrogen-bond acceptors (Lipinski definition) is 4. The Bertz CT molecular complexity index is 608. The molecule has 2 aromatic carbocycles. The molecule has 0 aliphatic heterocycles. The van der Waals surface area contributed by atoms with Crippen LogP contribution in [0.2, 0.25) is 0 Å². The third-order valence-electron chi connectivity index (χ3n) is 2.81. The van der Waals surface area contributed by atoms with Crippen molar-refractivity contribution in [3.8, 4) is 16.9 Å². The summed E-state index contributed by atoms with van der Waals surface area (Å²) in [5.41, 5.74) is 8.49. The average Bonchev–Trinajstić information content (AvgIpc) is 2.45. The van der Waals surface area contributed by atoms with Crippen LogP contribution in [0.5, 0.6) is 5.75 Å². The summed E-state index contributed by atoms with van der Waals surface area (Å²) < 4.78 is 9.97. The molecule has 2 N–H and O–H groups in total. The number of benzene rings is 2. The van der Waals surface area contributed by atoms with Crippen LogP contribution in [0.1, 0.15) is 10.4 Å². The Hall–Kier alpha value is -2.49. The normalized spacial score (nSPS) is 10.0. The SMILES string of the molecule is COC(=O)c1ccccc1-c1cc(N)cc(OC)c1. The molecule has 0 saturated carbocycles. The molecule has 0 unspecified atom stereocenters. The van der Waals surface area contributed by atoms with Crippen molar-refractivity contribution in [2.75, 3.05) is 20.0 Å². The van der Waals surface area contributed by atoms with Gasteiger partial charge < -0.3 is 15.2 Å². The molecule has 2 aromatic rings. The third kappa shape index (κ3) is 2.68. The fourth-order valence-corrected chi connectivity index (χ4v) is 1.92. The second kappa shape index (κ2) is 5.44. The Morgan fingerprint density at radius 1 is 1.11 bits per heavy atom. The zero-order valence-electron chi connectivity index (χ0n) is 10.8. The van der Waals surface area contributed by atoms with E-state index < -0.39 is 0 Å². The van der Waals surface area contributed by atoms with Crippen LogP contribution in [0.3, 0.4) is 0 Å². The zero-order chi connectivity index (χ0) is 13.8. The summed E-state index contributed by atoms with van der Waals surface area (Å²) in [6, 6.07) is 12.6. The summed E-state index contributed by atoms with van der Waals surface area (Å²) >= 11 is 0. The van der Waals surface area contributed by atoms with Gasteiger partial charge in [-0.15, -0.1) is 0 Å². The van der Waals surface area contributed by atoms with E-state index in [4.69, 9.17) is 15.2 Å². The predicted molar refractivity (Wildman–Crippen MR) is 74.2 cm³/mol. The molecule has 0 atom stereocenters. The molecule has 0 aliphatic rings. The Morgan fingerprint density at radius 3 is 2.53 bits per heavy atom. The third-order valence-corrected chi connectivity index (χ3v) is 2.81. The Labute approximate surface area is 111 Å². The fraction of sp³-hybridized carbons (Fsp3) is 0.133. The van der Waals surface area contributed by atoms with Gasteiger partial charge in [-0.05, 0) is 29.3 Å². The summed E-state index contributed by atoms with van der Waals surface area (Å²) in [6.07, 6.45) is 0. The van der Waals surface area contributed by atoms with Gasteiger partial charge in [-0.2, -0.15) is 0 Å². The van der Waals surface area contributed by atoms with Crippen molar-refractivity contribution in [2.45, 2.75) is 0 Å². The number of methoxy groups -OCH3 is 2. The van der Waals surface area contributed by atoms with E-state index in [1.54, 1.807) is 31.4 Å². The molecule has 0 spiro atoms. The molecule has 0 aliphatic carbocycles. The molecular formula is C15H15NO3. The van der Waals surface area contributed by atoms with Gasteiger partial charge in [0.2, 0.25) is 0 Å². The molecule has 0 heterocycles. The van der Waals surface area contributed by atoms with Gasteiger partial charge in [-0.1, -0.05) is 18.2 Å². The lowest BCUT2D eigenvalue weighted by molar-refractivity contribution is 0.0601. The highest BCUT2D eigenvalue weighted by molar-refractivity contribution is 5.97.